The van der Waals surface area contributed by atoms with Crippen LogP contribution in [0.5, 0.6) is 5.75 Å². The largest absolute Gasteiger partial charge is 0.493 e. The summed E-state index contributed by atoms with van der Waals surface area (Å²) in [5.74, 6) is -1.54. The van der Waals surface area contributed by atoms with Crippen molar-refractivity contribution in [2.45, 2.75) is 0 Å². The molecule has 43 heavy (non-hydrogen) atoms. The molecule has 0 unspecified atom stereocenters. The van der Waals surface area contributed by atoms with Gasteiger partial charge in [0.1, 0.15) is 22.7 Å². The second kappa shape index (κ2) is 11.1. The van der Waals surface area contributed by atoms with E-state index in [1.165, 1.54) is 57.6 Å². The van der Waals surface area contributed by atoms with Gasteiger partial charge >= 0.3 is 20.1 Å². The Morgan fingerprint density at radius 1 is 0.930 bits per heavy atom. The number of nitrogens with zero attached hydrogens (tertiary/aromatic N) is 2. The van der Waals surface area contributed by atoms with Gasteiger partial charge in [-0.1, -0.05) is 12.1 Å². The number of carbonyl (C=O) groups excluding carboxylic acids is 1. The Morgan fingerprint density at radius 2 is 1.67 bits per heavy atom. The number of ether oxygens (including phenoxy) is 1. The molecule has 0 aliphatic carbocycles. The SMILES string of the molecule is CNC(=O)c1c(-c2ccc(F)cc2)oc2cc(N(C)I(=O)=O)c(-c3cc(F)c(OC)c(-c4nc5ccccc5o4)c3)cc12. The average Bonchev–Trinajstić information content (AvgIpc) is 3.61. The monoisotopic (exact) mass is 697 g/mol. The van der Waals surface area contributed by atoms with E-state index in [1.807, 2.05) is 0 Å². The van der Waals surface area contributed by atoms with E-state index in [0.29, 0.717) is 27.6 Å². The van der Waals surface area contributed by atoms with E-state index in [2.05, 4.69) is 10.3 Å². The predicted molar refractivity (Wildman–Crippen MR) is 164 cm³/mol. The van der Waals surface area contributed by atoms with Crippen molar-refractivity contribution in [3.63, 3.8) is 0 Å². The van der Waals surface area contributed by atoms with Gasteiger partial charge in [-0.2, -0.15) is 0 Å². The average molecular weight is 697 g/mol. The quantitative estimate of drug-likeness (QED) is 0.133. The molecule has 0 fully saturated rings. The van der Waals surface area contributed by atoms with Crippen LogP contribution in [0.25, 0.3) is 56.0 Å². The van der Waals surface area contributed by atoms with E-state index in [0.717, 1.165) is 3.11 Å². The van der Waals surface area contributed by atoms with Crippen molar-refractivity contribution in [1.29, 1.82) is 0 Å². The molecule has 9 nitrogen and oxygen atoms in total. The normalized spacial score (nSPS) is 11.4. The van der Waals surface area contributed by atoms with Gasteiger partial charge in [-0.25, -0.2) is 19.9 Å². The highest BCUT2D eigenvalue weighted by atomic mass is 127. The molecule has 0 radical (unpaired) electrons. The molecule has 1 amide bonds. The van der Waals surface area contributed by atoms with Gasteiger partial charge in [-0.05, 0) is 60.2 Å². The van der Waals surface area contributed by atoms with Gasteiger partial charge in [0.2, 0.25) is 5.89 Å². The predicted octanol–water partition coefficient (Wildman–Crippen LogP) is 7.77. The number of nitrogens with one attached hydrogen (secondary N) is 1. The van der Waals surface area contributed by atoms with Crippen molar-refractivity contribution in [3.05, 3.63) is 90.0 Å². The van der Waals surface area contributed by atoms with Gasteiger partial charge < -0.3 is 18.9 Å². The van der Waals surface area contributed by atoms with Crippen LogP contribution < -0.4 is 13.2 Å². The number of aromatic nitrogens is 1. The molecule has 0 spiro atoms. The van der Waals surface area contributed by atoms with Crippen molar-refractivity contribution in [3.8, 4) is 39.7 Å². The lowest BCUT2D eigenvalue weighted by molar-refractivity contribution is 0.0964. The van der Waals surface area contributed by atoms with E-state index in [-0.39, 0.29) is 45.4 Å². The Bertz CT molecular complexity index is 2080. The molecule has 2 heterocycles. The summed E-state index contributed by atoms with van der Waals surface area (Å²) in [5, 5.41) is 2.93. The molecule has 0 bridgehead atoms. The molecule has 0 saturated heterocycles. The first kappa shape index (κ1) is 28.3. The van der Waals surface area contributed by atoms with Gasteiger partial charge in [0.25, 0.3) is 5.91 Å². The van der Waals surface area contributed by atoms with E-state index < -0.39 is 37.6 Å². The molecule has 2 aromatic heterocycles. The zero-order chi connectivity index (χ0) is 30.4. The van der Waals surface area contributed by atoms with Gasteiger partial charge in [0, 0.05) is 36.7 Å². The van der Waals surface area contributed by atoms with Crippen LogP contribution in [-0.4, -0.2) is 32.1 Å². The fraction of sp³-hybridized carbons (Fsp3) is 0.0968. The number of furan rings is 1. The van der Waals surface area contributed by atoms with Gasteiger partial charge in [0.15, 0.2) is 17.1 Å². The van der Waals surface area contributed by atoms with Crippen LogP contribution in [0.4, 0.5) is 14.5 Å². The highest BCUT2D eigenvalue weighted by molar-refractivity contribution is 14.2. The number of benzene rings is 4. The van der Waals surface area contributed by atoms with E-state index in [9.17, 15) is 15.3 Å². The lowest BCUT2D eigenvalue weighted by atomic mass is 9.96. The van der Waals surface area contributed by atoms with Gasteiger partial charge in [-0.3, -0.25) is 7.91 Å². The second-order valence-electron chi connectivity index (χ2n) is 9.46. The topological polar surface area (TPSA) is 115 Å². The first-order valence-electron chi connectivity index (χ1n) is 12.8. The summed E-state index contributed by atoms with van der Waals surface area (Å²) in [7, 11) is 4.15. The van der Waals surface area contributed by atoms with Crippen molar-refractivity contribution >= 4 is 53.7 Å². The molecule has 218 valence electrons. The molecule has 0 saturated carbocycles. The number of carbonyl (C=O) groups is 1. The van der Waals surface area contributed by atoms with Crippen LogP contribution in [0.15, 0.2) is 81.6 Å². The number of para-hydroxylation sites is 2. The smallest absolute Gasteiger partial charge is 0.420 e. The third-order valence-corrected chi connectivity index (χ3v) is 8.69. The fourth-order valence-corrected chi connectivity index (χ4v) is 5.77. The van der Waals surface area contributed by atoms with Crippen molar-refractivity contribution in [1.82, 2.24) is 10.3 Å². The lowest BCUT2D eigenvalue weighted by Crippen LogP contribution is -2.18. The summed E-state index contributed by atoms with van der Waals surface area (Å²) in [4.78, 5) is 17.6. The molecule has 6 rings (SSSR count). The van der Waals surface area contributed by atoms with Crippen LogP contribution in [0.2, 0.25) is 0 Å². The number of hydrogen-bond acceptors (Lipinski definition) is 7. The van der Waals surface area contributed by atoms with E-state index in [1.54, 1.807) is 36.4 Å². The molecule has 12 heteroatoms. The summed E-state index contributed by atoms with van der Waals surface area (Å²) in [5.41, 5.74) is 2.78. The number of oxazole rings is 1. The summed E-state index contributed by atoms with van der Waals surface area (Å²) < 4.78 is 72.2. The molecule has 6 aromatic rings. The number of anilines is 1. The molecular formula is C31H22F2IN3O6. The molecule has 0 aliphatic heterocycles. The maximum Gasteiger partial charge on any atom is 0.420 e. The lowest BCUT2D eigenvalue weighted by Gasteiger charge is -2.17. The molecule has 0 atom stereocenters. The number of amides is 1. The van der Waals surface area contributed by atoms with Gasteiger partial charge in [0.05, 0.1) is 23.9 Å². The van der Waals surface area contributed by atoms with Crippen LogP contribution in [0, 0.1) is 11.6 Å². The van der Waals surface area contributed by atoms with Gasteiger partial charge in [-0.15, -0.1) is 0 Å². The number of methoxy groups -OCH3 is 1. The van der Waals surface area contributed by atoms with Crippen LogP contribution in [0.1, 0.15) is 10.4 Å². The summed E-state index contributed by atoms with van der Waals surface area (Å²) in [6, 6.07) is 18.3. The zero-order valence-corrected chi connectivity index (χ0v) is 25.1. The Kier molecular flexibility index (Phi) is 7.30. The van der Waals surface area contributed by atoms with E-state index in [4.69, 9.17) is 13.6 Å². The van der Waals surface area contributed by atoms with E-state index >= 15 is 4.39 Å². The minimum absolute atomic E-state index is 0.101. The first-order valence-corrected chi connectivity index (χ1v) is 15.5. The molecule has 0 aliphatic rings. The summed E-state index contributed by atoms with van der Waals surface area (Å²) in [6.45, 7) is 0. The van der Waals surface area contributed by atoms with Crippen molar-refractivity contribution in [2.24, 2.45) is 0 Å². The molecule has 4 aromatic carbocycles. The number of hydrogen-bond donors (Lipinski definition) is 1. The summed E-state index contributed by atoms with van der Waals surface area (Å²) >= 11 is -4.11. The minimum Gasteiger partial charge on any atom is -0.493 e. The first-order chi connectivity index (χ1) is 20.7. The highest BCUT2D eigenvalue weighted by Crippen LogP contribution is 2.45. The maximum atomic E-state index is 15.6. The minimum atomic E-state index is -4.11. The van der Waals surface area contributed by atoms with Crippen LogP contribution >= 0.6 is 20.1 Å². The highest BCUT2D eigenvalue weighted by Gasteiger charge is 2.26. The molecular weight excluding hydrogens is 675 g/mol. The zero-order valence-electron chi connectivity index (χ0n) is 22.9. The molecule has 1 N–H and O–H groups in total. The maximum absolute atomic E-state index is 15.6. The second-order valence-corrected chi connectivity index (χ2v) is 12.1. The number of fused-ring (bicyclic) bond motifs is 2. The Balaban J connectivity index is 1.65. The van der Waals surface area contributed by atoms with Crippen molar-refractivity contribution in [2.75, 3.05) is 24.3 Å². The Morgan fingerprint density at radius 3 is 2.35 bits per heavy atom. The number of halogens is 3. The number of rotatable bonds is 7. The van der Waals surface area contributed by atoms with Crippen molar-refractivity contribution < 1.29 is 33.3 Å². The Labute approximate surface area is 250 Å². The Hall–Kier alpha value is -4.85. The fourth-order valence-electron chi connectivity index (χ4n) is 4.95. The van der Waals surface area contributed by atoms with Crippen LogP contribution in [0.3, 0.4) is 0 Å². The third kappa shape index (κ3) is 4.96. The standard InChI is InChI=1S/C31H22F2IN3O6/c1-35-30(38)27-20-14-19(24(37(2)34(39)40)15-26(20)42-28(27)16-8-10-18(32)11-9-16)17-12-21(29(41-3)22(33)13-17)31-36-23-6-4-5-7-25(23)43-31/h4-15H,1-3H3,(H,35,38). The summed E-state index contributed by atoms with van der Waals surface area (Å²) in [6.07, 6.45) is 0. The third-order valence-electron chi connectivity index (χ3n) is 6.99. The van der Waals surface area contributed by atoms with Crippen LogP contribution in [-0.2, 0) is 6.14 Å².